The maximum Gasteiger partial charge on any atom is 0.335 e. The number of ether oxygens (including phenoxy) is 1. The normalized spacial score (nSPS) is 14.4. The lowest BCUT2D eigenvalue weighted by Gasteiger charge is -2.31. The molecule has 10 nitrogen and oxygen atoms in total. The fourth-order valence-corrected chi connectivity index (χ4v) is 5.50. The molecule has 1 aliphatic heterocycles. The molecule has 3 aromatic heterocycles. The number of nitrogens with zero attached hydrogens (tertiary/aromatic N) is 7. The first kappa shape index (κ1) is 27.8. The average Bonchev–Trinajstić information content (AvgIpc) is 3.63. The van der Waals surface area contributed by atoms with E-state index in [1.165, 1.54) is 12.4 Å². The third-order valence-electron chi connectivity index (χ3n) is 7.60. The van der Waals surface area contributed by atoms with Crippen molar-refractivity contribution in [3.8, 4) is 5.88 Å². The Kier molecular flexibility index (Phi) is 8.11. The highest BCUT2D eigenvalue weighted by Gasteiger charge is 2.24. The van der Waals surface area contributed by atoms with E-state index < -0.39 is 11.8 Å². The van der Waals surface area contributed by atoms with Crippen LogP contribution in [0.25, 0.3) is 11.0 Å². The molecule has 0 radical (unpaired) electrons. The van der Waals surface area contributed by atoms with Gasteiger partial charge in [-0.3, -0.25) is 9.58 Å². The zero-order valence-electron chi connectivity index (χ0n) is 22.7. The summed E-state index contributed by atoms with van der Waals surface area (Å²) in [7, 11) is 0. The van der Waals surface area contributed by atoms with Crippen molar-refractivity contribution in [3.63, 3.8) is 0 Å². The molecule has 5 aromatic rings. The highest BCUT2D eigenvalue weighted by Crippen LogP contribution is 2.29. The van der Waals surface area contributed by atoms with Gasteiger partial charge in [-0.25, -0.2) is 24.1 Å². The van der Waals surface area contributed by atoms with Crippen LogP contribution in [0.1, 0.15) is 46.2 Å². The topological polar surface area (TPSA) is 111 Å². The summed E-state index contributed by atoms with van der Waals surface area (Å²) in [6.45, 7) is 3.62. The van der Waals surface area contributed by atoms with E-state index >= 15 is 0 Å². The Hall–Kier alpha value is -4.35. The largest absolute Gasteiger partial charge is 0.478 e. The second-order valence-corrected chi connectivity index (χ2v) is 10.8. The van der Waals surface area contributed by atoms with Gasteiger partial charge in [0, 0.05) is 34.8 Å². The van der Waals surface area contributed by atoms with E-state index in [0.29, 0.717) is 36.1 Å². The van der Waals surface area contributed by atoms with Crippen molar-refractivity contribution in [1.29, 1.82) is 0 Å². The number of carboxylic acid groups (broad SMARTS) is 1. The number of rotatable bonds is 10. The Morgan fingerprint density at radius 1 is 1.07 bits per heavy atom. The van der Waals surface area contributed by atoms with Crippen LogP contribution < -0.4 is 4.74 Å². The predicted molar refractivity (Wildman–Crippen MR) is 154 cm³/mol. The number of carbonyl (C=O) groups is 1. The number of halogens is 2. The number of pyridine rings is 1. The first-order valence-electron chi connectivity index (χ1n) is 13.7. The summed E-state index contributed by atoms with van der Waals surface area (Å²) < 4.78 is 23.8. The highest BCUT2D eigenvalue weighted by atomic mass is 35.5. The lowest BCUT2D eigenvalue weighted by atomic mass is 9.93. The van der Waals surface area contributed by atoms with E-state index in [9.17, 15) is 14.3 Å². The van der Waals surface area contributed by atoms with Gasteiger partial charge in [0.25, 0.3) is 0 Å². The Labute approximate surface area is 246 Å². The molecule has 216 valence electrons. The van der Waals surface area contributed by atoms with Crippen LogP contribution in [0.15, 0.2) is 67.3 Å². The SMILES string of the molecule is O=C(O)c1ccc2nc(CN3CCC(c4cccc(OCc5ccc(Cl)cc5F)n4)CC3)n(CCn3cncn3)c2c1. The summed E-state index contributed by atoms with van der Waals surface area (Å²) in [6, 6.07) is 15.3. The Balaban J connectivity index is 1.12. The maximum absolute atomic E-state index is 14.1. The van der Waals surface area contributed by atoms with Gasteiger partial charge in [0.05, 0.1) is 29.7 Å². The first-order valence-corrected chi connectivity index (χ1v) is 14.1. The van der Waals surface area contributed by atoms with Crippen LogP contribution >= 0.6 is 11.6 Å². The summed E-state index contributed by atoms with van der Waals surface area (Å²) in [5.74, 6) is 0.256. The van der Waals surface area contributed by atoms with Crippen molar-refractivity contribution in [2.24, 2.45) is 0 Å². The van der Waals surface area contributed by atoms with Crippen LogP contribution in [0.3, 0.4) is 0 Å². The van der Waals surface area contributed by atoms with Crippen LogP contribution in [0.4, 0.5) is 4.39 Å². The van der Waals surface area contributed by atoms with Crippen molar-refractivity contribution in [2.45, 2.75) is 45.0 Å². The van der Waals surface area contributed by atoms with Gasteiger partial charge in [0.1, 0.15) is 30.9 Å². The van der Waals surface area contributed by atoms with Gasteiger partial charge in [-0.05, 0) is 62.3 Å². The number of hydrogen-bond donors (Lipinski definition) is 1. The molecular weight excluding hydrogens is 561 g/mol. The second-order valence-electron chi connectivity index (χ2n) is 10.3. The van der Waals surface area contributed by atoms with Gasteiger partial charge in [0.15, 0.2) is 0 Å². The molecular formula is C30H29ClFN7O3. The minimum absolute atomic E-state index is 0.0732. The molecule has 1 aliphatic rings. The van der Waals surface area contributed by atoms with Crippen LogP contribution in [0.2, 0.25) is 5.02 Å². The van der Waals surface area contributed by atoms with Gasteiger partial charge < -0.3 is 14.4 Å². The van der Waals surface area contributed by atoms with E-state index in [-0.39, 0.29) is 18.1 Å². The number of aromatic nitrogens is 6. The summed E-state index contributed by atoms with van der Waals surface area (Å²) in [6.07, 6.45) is 5.00. The third-order valence-corrected chi connectivity index (χ3v) is 7.84. The van der Waals surface area contributed by atoms with Crippen LogP contribution in [-0.2, 0) is 26.2 Å². The number of likely N-dealkylation sites (tertiary alicyclic amines) is 1. The van der Waals surface area contributed by atoms with Gasteiger partial charge in [-0.1, -0.05) is 23.7 Å². The van der Waals surface area contributed by atoms with Crippen molar-refractivity contribution in [1.82, 2.24) is 34.2 Å². The first-order chi connectivity index (χ1) is 20.4. The van der Waals surface area contributed by atoms with Crippen molar-refractivity contribution in [3.05, 3.63) is 101 Å². The molecule has 1 N–H and O–H groups in total. The molecule has 12 heteroatoms. The Bertz CT molecular complexity index is 1700. The number of fused-ring (bicyclic) bond motifs is 1. The number of carboxylic acids is 1. The number of benzene rings is 2. The lowest BCUT2D eigenvalue weighted by molar-refractivity contribution is 0.0697. The highest BCUT2D eigenvalue weighted by molar-refractivity contribution is 6.30. The Morgan fingerprint density at radius 3 is 2.69 bits per heavy atom. The summed E-state index contributed by atoms with van der Waals surface area (Å²) in [5.41, 5.74) is 3.17. The molecule has 1 fully saturated rings. The summed E-state index contributed by atoms with van der Waals surface area (Å²) in [4.78, 5) is 27.6. The predicted octanol–water partition coefficient (Wildman–Crippen LogP) is 5.17. The molecule has 6 rings (SSSR count). The van der Waals surface area contributed by atoms with E-state index in [0.717, 1.165) is 48.5 Å². The minimum Gasteiger partial charge on any atom is -0.478 e. The number of aryl methyl sites for hydroxylation is 2. The number of aromatic carboxylic acids is 1. The van der Waals surface area contributed by atoms with Gasteiger partial charge in [0.2, 0.25) is 5.88 Å². The molecule has 0 unspecified atom stereocenters. The lowest BCUT2D eigenvalue weighted by Crippen LogP contribution is -2.33. The molecule has 0 atom stereocenters. The van der Waals surface area contributed by atoms with Crippen LogP contribution in [0, 0.1) is 5.82 Å². The van der Waals surface area contributed by atoms with E-state index in [4.69, 9.17) is 26.3 Å². The molecule has 0 saturated carbocycles. The zero-order valence-corrected chi connectivity index (χ0v) is 23.5. The molecule has 0 spiro atoms. The van der Waals surface area contributed by atoms with Crippen LogP contribution in [0.5, 0.6) is 5.88 Å². The average molecular weight is 590 g/mol. The van der Waals surface area contributed by atoms with Crippen molar-refractivity contribution >= 4 is 28.6 Å². The Morgan fingerprint density at radius 2 is 1.93 bits per heavy atom. The van der Waals surface area contributed by atoms with E-state index in [2.05, 4.69) is 19.5 Å². The fourth-order valence-electron chi connectivity index (χ4n) is 5.34. The van der Waals surface area contributed by atoms with E-state index in [1.54, 1.807) is 47.4 Å². The van der Waals surface area contributed by atoms with Crippen molar-refractivity contribution in [2.75, 3.05) is 13.1 Å². The molecule has 0 amide bonds. The molecule has 0 bridgehead atoms. The van der Waals surface area contributed by atoms with Gasteiger partial charge >= 0.3 is 5.97 Å². The molecule has 42 heavy (non-hydrogen) atoms. The smallest absolute Gasteiger partial charge is 0.335 e. The fraction of sp³-hybridized carbons (Fsp3) is 0.300. The molecule has 2 aromatic carbocycles. The quantitative estimate of drug-likeness (QED) is 0.237. The molecule has 0 aliphatic carbocycles. The third kappa shape index (κ3) is 6.27. The monoisotopic (exact) mass is 589 g/mol. The number of imidazole rings is 1. The minimum atomic E-state index is -0.968. The zero-order chi connectivity index (χ0) is 29.1. The summed E-state index contributed by atoms with van der Waals surface area (Å²) in [5, 5.41) is 14.1. The maximum atomic E-state index is 14.1. The van der Waals surface area contributed by atoms with Gasteiger partial charge in [-0.2, -0.15) is 5.10 Å². The van der Waals surface area contributed by atoms with Gasteiger partial charge in [-0.15, -0.1) is 0 Å². The molecule has 4 heterocycles. The molecule has 1 saturated heterocycles. The number of hydrogen-bond acceptors (Lipinski definition) is 7. The van der Waals surface area contributed by atoms with Crippen LogP contribution in [-0.4, -0.2) is 58.4 Å². The number of piperidine rings is 1. The second kappa shape index (κ2) is 12.3. The summed E-state index contributed by atoms with van der Waals surface area (Å²) >= 11 is 5.85. The van der Waals surface area contributed by atoms with E-state index in [1.807, 2.05) is 12.1 Å². The van der Waals surface area contributed by atoms with Crippen molar-refractivity contribution < 1.29 is 19.0 Å². The standard InChI is InChI=1S/C30H29ClFN7O3/c31-23-6-4-22(24(32)15-23)17-42-29-3-1-2-25(36-29)20-8-10-37(11-9-20)16-28-35-26-7-5-21(30(40)41)14-27(26)39(28)13-12-38-19-33-18-34-38/h1-7,14-15,18-20H,8-13,16-17H2,(H,40,41).